The van der Waals surface area contributed by atoms with Crippen molar-refractivity contribution in [3.8, 4) is 0 Å². The molecule has 2 saturated heterocycles. The summed E-state index contributed by atoms with van der Waals surface area (Å²) < 4.78 is 5.84. The van der Waals surface area contributed by atoms with E-state index in [-0.39, 0.29) is 0 Å². The van der Waals surface area contributed by atoms with Crippen LogP contribution in [0.1, 0.15) is 45.0 Å². The highest BCUT2D eigenvalue weighted by Crippen LogP contribution is 2.27. The van der Waals surface area contributed by atoms with Gasteiger partial charge in [0.05, 0.1) is 12.2 Å². The molecule has 0 bridgehead atoms. The van der Waals surface area contributed by atoms with Crippen molar-refractivity contribution in [1.29, 1.82) is 0 Å². The average molecular weight is 339 g/mol. The number of aromatic nitrogens is 2. The summed E-state index contributed by atoms with van der Waals surface area (Å²) >= 11 is 1.78. The van der Waals surface area contributed by atoms with E-state index in [2.05, 4.69) is 40.8 Å². The van der Waals surface area contributed by atoms with Gasteiger partial charge in [-0.1, -0.05) is 18.3 Å². The van der Waals surface area contributed by atoms with E-state index in [1.807, 2.05) is 0 Å². The third-order valence-corrected chi connectivity index (χ3v) is 5.86. The number of ether oxygens (including phenoxy) is 1. The van der Waals surface area contributed by atoms with E-state index in [4.69, 9.17) is 4.74 Å². The van der Waals surface area contributed by atoms with Gasteiger partial charge in [-0.2, -0.15) is 0 Å². The van der Waals surface area contributed by atoms with Crippen LogP contribution in [0.15, 0.2) is 0 Å². The Morgan fingerprint density at radius 3 is 2.48 bits per heavy atom. The smallest absolute Gasteiger partial charge is 0.208 e. The van der Waals surface area contributed by atoms with Crippen LogP contribution in [-0.2, 0) is 11.2 Å². The van der Waals surface area contributed by atoms with Crippen molar-refractivity contribution in [3.05, 3.63) is 5.01 Å². The lowest BCUT2D eigenvalue weighted by Crippen LogP contribution is -2.48. The summed E-state index contributed by atoms with van der Waals surface area (Å²) in [5.74, 6) is 0.812. The SMILES string of the molecule is CCCc1nnc(N2CCC(CN3CC(C)OC(C)C3)CC2)s1. The van der Waals surface area contributed by atoms with Crippen LogP contribution in [0.2, 0.25) is 0 Å². The third kappa shape index (κ3) is 4.64. The van der Waals surface area contributed by atoms with Crippen LogP contribution in [0.25, 0.3) is 0 Å². The zero-order valence-corrected chi connectivity index (χ0v) is 15.5. The van der Waals surface area contributed by atoms with Crippen molar-refractivity contribution in [3.63, 3.8) is 0 Å². The number of nitrogens with zero attached hydrogens (tertiary/aromatic N) is 4. The zero-order valence-electron chi connectivity index (χ0n) is 14.7. The summed E-state index contributed by atoms with van der Waals surface area (Å²) in [5.41, 5.74) is 0. The number of hydrogen-bond acceptors (Lipinski definition) is 6. The average Bonchev–Trinajstić information content (AvgIpc) is 2.96. The van der Waals surface area contributed by atoms with Gasteiger partial charge >= 0.3 is 0 Å². The predicted molar refractivity (Wildman–Crippen MR) is 95.3 cm³/mol. The lowest BCUT2D eigenvalue weighted by Gasteiger charge is -2.39. The Kier molecular flexibility index (Phi) is 5.88. The van der Waals surface area contributed by atoms with Gasteiger partial charge in [-0.25, -0.2) is 0 Å². The molecular weight excluding hydrogens is 308 g/mol. The van der Waals surface area contributed by atoms with Gasteiger partial charge in [-0.05, 0) is 39.0 Å². The van der Waals surface area contributed by atoms with Gasteiger partial charge in [0, 0.05) is 39.1 Å². The van der Waals surface area contributed by atoms with Crippen molar-refractivity contribution < 1.29 is 4.74 Å². The maximum Gasteiger partial charge on any atom is 0.208 e. The van der Waals surface area contributed by atoms with Gasteiger partial charge in [-0.15, -0.1) is 10.2 Å². The molecule has 23 heavy (non-hydrogen) atoms. The van der Waals surface area contributed by atoms with Gasteiger partial charge in [0.1, 0.15) is 5.01 Å². The molecule has 1 aromatic heterocycles. The monoisotopic (exact) mass is 338 g/mol. The second kappa shape index (κ2) is 7.90. The molecule has 3 heterocycles. The maximum atomic E-state index is 5.84. The van der Waals surface area contributed by atoms with Crippen LogP contribution in [0.5, 0.6) is 0 Å². The molecule has 3 rings (SSSR count). The van der Waals surface area contributed by atoms with Gasteiger partial charge in [0.2, 0.25) is 5.13 Å². The minimum Gasteiger partial charge on any atom is -0.373 e. The molecule has 5 nitrogen and oxygen atoms in total. The van der Waals surface area contributed by atoms with E-state index in [0.717, 1.165) is 50.1 Å². The molecule has 2 aliphatic heterocycles. The van der Waals surface area contributed by atoms with Crippen molar-refractivity contribution in [2.24, 2.45) is 5.92 Å². The summed E-state index contributed by atoms with van der Waals surface area (Å²) in [4.78, 5) is 5.03. The molecule has 0 saturated carbocycles. The molecule has 1 aromatic rings. The zero-order chi connectivity index (χ0) is 16.2. The van der Waals surface area contributed by atoms with Crippen molar-refractivity contribution in [2.75, 3.05) is 37.6 Å². The molecule has 6 heteroatoms. The van der Waals surface area contributed by atoms with Crippen LogP contribution in [0, 0.1) is 5.92 Å². The van der Waals surface area contributed by atoms with Crippen LogP contribution in [0.4, 0.5) is 5.13 Å². The number of anilines is 1. The summed E-state index contributed by atoms with van der Waals surface area (Å²) in [5, 5.41) is 11.0. The summed E-state index contributed by atoms with van der Waals surface area (Å²) in [6.07, 6.45) is 5.48. The molecule has 2 unspecified atom stereocenters. The fourth-order valence-corrected chi connectivity index (χ4v) is 4.78. The Morgan fingerprint density at radius 2 is 1.83 bits per heavy atom. The van der Waals surface area contributed by atoms with Crippen LogP contribution < -0.4 is 4.90 Å². The first-order valence-corrected chi connectivity index (χ1v) is 9.90. The maximum absolute atomic E-state index is 5.84. The largest absolute Gasteiger partial charge is 0.373 e. The number of rotatable bonds is 5. The lowest BCUT2D eigenvalue weighted by molar-refractivity contribution is -0.0720. The van der Waals surface area contributed by atoms with Crippen LogP contribution in [0.3, 0.4) is 0 Å². The molecule has 0 amide bonds. The predicted octanol–water partition coefficient (Wildman–Crippen LogP) is 2.82. The first-order valence-electron chi connectivity index (χ1n) is 9.09. The van der Waals surface area contributed by atoms with E-state index in [0.29, 0.717) is 12.2 Å². The lowest BCUT2D eigenvalue weighted by atomic mass is 9.96. The second-order valence-corrected chi connectivity index (χ2v) is 8.18. The van der Waals surface area contributed by atoms with Gasteiger partial charge < -0.3 is 9.64 Å². The fourth-order valence-electron chi connectivity index (χ4n) is 3.79. The Bertz CT molecular complexity index is 477. The fraction of sp³-hybridized carbons (Fsp3) is 0.882. The molecule has 2 fully saturated rings. The minimum absolute atomic E-state index is 0.372. The van der Waals surface area contributed by atoms with Crippen molar-refractivity contribution in [1.82, 2.24) is 15.1 Å². The molecule has 130 valence electrons. The first-order chi connectivity index (χ1) is 11.1. The van der Waals surface area contributed by atoms with E-state index >= 15 is 0 Å². The van der Waals surface area contributed by atoms with E-state index in [1.54, 1.807) is 11.3 Å². The van der Waals surface area contributed by atoms with E-state index in [1.165, 1.54) is 24.4 Å². The molecule has 0 radical (unpaired) electrons. The van der Waals surface area contributed by atoms with Crippen LogP contribution in [-0.4, -0.2) is 60.0 Å². The highest BCUT2D eigenvalue weighted by molar-refractivity contribution is 7.15. The topological polar surface area (TPSA) is 41.5 Å². The molecule has 0 spiro atoms. The Balaban J connectivity index is 1.46. The van der Waals surface area contributed by atoms with Crippen LogP contribution >= 0.6 is 11.3 Å². The minimum atomic E-state index is 0.372. The first kappa shape index (κ1) is 17.1. The molecule has 2 aliphatic rings. The Labute approximate surface area is 144 Å². The van der Waals surface area contributed by atoms with E-state index in [9.17, 15) is 0 Å². The van der Waals surface area contributed by atoms with Gasteiger partial charge in [0.15, 0.2) is 0 Å². The van der Waals surface area contributed by atoms with Crippen molar-refractivity contribution in [2.45, 2.75) is 58.7 Å². The Morgan fingerprint density at radius 1 is 1.13 bits per heavy atom. The number of morpholine rings is 1. The standard InChI is InChI=1S/C17H30N4OS/c1-4-5-16-18-19-17(23-16)21-8-6-15(7-9-21)12-20-10-13(2)22-14(3)11-20/h13-15H,4-12H2,1-3H3. The molecule has 2 atom stereocenters. The highest BCUT2D eigenvalue weighted by Gasteiger charge is 2.27. The third-order valence-electron chi connectivity index (χ3n) is 4.82. The summed E-state index contributed by atoms with van der Waals surface area (Å²) in [7, 11) is 0. The second-order valence-electron chi connectivity index (χ2n) is 7.13. The molecule has 0 aliphatic carbocycles. The molecular formula is C17H30N4OS. The normalized spacial score (nSPS) is 27.5. The van der Waals surface area contributed by atoms with Gasteiger partial charge in [-0.3, -0.25) is 4.90 Å². The number of piperidine rings is 1. The Hall–Kier alpha value is -0.720. The highest BCUT2D eigenvalue weighted by atomic mass is 32.1. The molecule has 0 N–H and O–H groups in total. The molecule has 0 aromatic carbocycles. The summed E-state index contributed by atoms with van der Waals surface area (Å²) in [6.45, 7) is 12.2. The van der Waals surface area contributed by atoms with E-state index < -0.39 is 0 Å². The number of hydrogen-bond donors (Lipinski definition) is 0. The van der Waals surface area contributed by atoms with Gasteiger partial charge in [0.25, 0.3) is 0 Å². The number of aryl methyl sites for hydroxylation is 1. The summed E-state index contributed by atoms with van der Waals surface area (Å²) in [6, 6.07) is 0. The quantitative estimate of drug-likeness (QED) is 0.826. The van der Waals surface area contributed by atoms with Crippen molar-refractivity contribution >= 4 is 16.5 Å².